The molecule has 11 heterocycles. The Morgan fingerprint density at radius 2 is 1.13 bits per heavy atom. The predicted molar refractivity (Wildman–Crippen MR) is 370 cm³/mol. The Morgan fingerprint density at radius 3 is 1.25 bits per heavy atom. The van der Waals surface area contributed by atoms with Gasteiger partial charge in [-0.3, -0.25) is 19.9 Å². The zero-order valence-corrected chi connectivity index (χ0v) is 61.6. The number of aliphatic imine (C=N–C) groups is 1. The van der Waals surface area contributed by atoms with E-state index in [1.807, 2.05) is 235 Å². The second-order valence-electron chi connectivity index (χ2n) is 13.5. The van der Waals surface area contributed by atoms with Gasteiger partial charge < -0.3 is 23.3 Å². The number of hydrogen-bond donors (Lipinski definition) is 2. The summed E-state index contributed by atoms with van der Waals surface area (Å²) >= 11 is 7.85. The maximum absolute atomic E-state index is 4.72. The van der Waals surface area contributed by atoms with Crippen LogP contribution in [0.1, 0.15) is 195 Å². The highest BCUT2D eigenvalue weighted by Gasteiger charge is 1.94. The molecule has 0 fully saturated rings. The van der Waals surface area contributed by atoms with E-state index in [1.165, 1.54) is 44.1 Å². The number of aromatic nitrogens is 15. The molecule has 0 amide bonds. The standard InChI is InChI=1S/C5H7N.C4H6N2O.2C4H6N2S.2C4H6N2.2C4H5NO.3C4H5NS.8C2H6/c1-5-3-2-4-6-5;3*1-3-4(2)7-6-5-3;1-4-2-5-3-6-4;1-4-5-2-3-6-4;1-4-2-6-3-5-4;1-4-5-2-3-6-4;1-4-2-6-3-5-4;1-4-2-5-3-6-4;1-4-5-2-3-6-4;8*1-2/h3-4H,2H2,1H3;3*1-2H3;2*2-3H,1H3,(H,5,6);5*2-3H,1H3;8*1-2H3. The molecule has 482 valence electrons. The number of imidazole rings is 2. The highest BCUT2D eigenvalue weighted by molar-refractivity contribution is 7.09. The first-order valence-corrected chi connectivity index (χ1v) is 33.0. The molecular weight excluding hydrogens is 1170 g/mol. The molecule has 85 heavy (non-hydrogen) atoms. The predicted octanol–water partition coefficient (Wildman–Crippen LogP) is 20.3. The Balaban J connectivity index is -0.000000125. The average molecular weight is 1280 g/mol. The summed E-state index contributed by atoms with van der Waals surface area (Å²) in [4.78, 5) is 40.3. The van der Waals surface area contributed by atoms with E-state index >= 15 is 0 Å². The molecule has 2 N–H and O–H groups in total. The molecule has 0 saturated heterocycles. The lowest BCUT2D eigenvalue weighted by Crippen LogP contribution is -1.70. The minimum atomic E-state index is 0.718. The molecule has 10 aromatic heterocycles. The number of allylic oxidation sites excluding steroid dienone is 2. The fourth-order valence-electron chi connectivity index (χ4n) is 3.39. The second-order valence-corrected chi connectivity index (χ2v) is 18.3. The summed E-state index contributed by atoms with van der Waals surface area (Å²) in [6.45, 7) is 59.2. The van der Waals surface area contributed by atoms with E-state index in [0.29, 0.717) is 0 Å². The molecule has 19 nitrogen and oxygen atoms in total. The van der Waals surface area contributed by atoms with Crippen molar-refractivity contribution in [3.63, 3.8) is 0 Å². The highest BCUT2D eigenvalue weighted by Crippen LogP contribution is 2.05. The maximum Gasteiger partial charge on any atom is 0.190 e. The molecule has 1 aliphatic heterocycles. The molecule has 10 aromatic rings. The number of oxazole rings is 2. The van der Waals surface area contributed by atoms with Gasteiger partial charge in [-0.2, -0.15) is 0 Å². The van der Waals surface area contributed by atoms with Crippen LogP contribution in [0.4, 0.5) is 0 Å². The van der Waals surface area contributed by atoms with Crippen molar-refractivity contribution in [2.75, 3.05) is 0 Å². The van der Waals surface area contributed by atoms with Gasteiger partial charge in [-0.25, -0.2) is 19.9 Å². The summed E-state index contributed by atoms with van der Waals surface area (Å²) in [5, 5.41) is 19.6. The number of H-pyrrole nitrogens is 2. The van der Waals surface area contributed by atoms with Crippen molar-refractivity contribution < 1.29 is 13.4 Å². The van der Waals surface area contributed by atoms with Crippen molar-refractivity contribution in [3.8, 4) is 0 Å². The van der Waals surface area contributed by atoms with Crippen LogP contribution in [0, 0.1) is 90.0 Å². The molecule has 0 spiro atoms. The first-order valence-electron chi connectivity index (χ1n) is 28.7. The molecule has 24 heteroatoms. The van der Waals surface area contributed by atoms with E-state index in [2.05, 4.69) is 94.4 Å². The van der Waals surface area contributed by atoms with Crippen LogP contribution in [0.2, 0.25) is 0 Å². The normalized spacial score (nSPS) is 8.56. The van der Waals surface area contributed by atoms with Gasteiger partial charge in [0.25, 0.3) is 0 Å². The molecule has 0 aliphatic carbocycles. The third-order valence-corrected chi connectivity index (χ3v) is 11.1. The van der Waals surface area contributed by atoms with Crippen molar-refractivity contribution in [2.24, 2.45) is 4.99 Å². The fourth-order valence-corrected chi connectivity index (χ4v) is 5.71. The third-order valence-electron chi connectivity index (χ3n) is 7.50. The molecule has 0 saturated carbocycles. The molecule has 0 bridgehead atoms. The van der Waals surface area contributed by atoms with E-state index < -0.39 is 0 Å². The fraction of sp³-hybridized carbons (Fsp3) is 0.508. The van der Waals surface area contributed by atoms with Crippen LogP contribution in [-0.2, 0) is 0 Å². The largest absolute Gasteiger partial charge is 0.452 e. The van der Waals surface area contributed by atoms with Crippen molar-refractivity contribution >= 4 is 63.3 Å². The van der Waals surface area contributed by atoms with E-state index in [1.54, 1.807) is 90.8 Å². The number of aromatic amines is 2. The Hall–Kier alpha value is -6.60. The van der Waals surface area contributed by atoms with Crippen molar-refractivity contribution in [1.29, 1.82) is 0 Å². The number of aryl methyl sites for hydroxylation is 13. The van der Waals surface area contributed by atoms with Gasteiger partial charge in [0.15, 0.2) is 18.0 Å². The van der Waals surface area contributed by atoms with Crippen LogP contribution in [-0.4, -0.2) is 80.6 Å². The quantitative estimate of drug-likeness (QED) is 0.143. The Bertz CT molecular complexity index is 2180. The topological polar surface area (TPSA) is 251 Å². The summed E-state index contributed by atoms with van der Waals surface area (Å²) in [6.07, 6.45) is 21.9. The van der Waals surface area contributed by atoms with Gasteiger partial charge in [-0.15, -0.1) is 49.3 Å². The lowest BCUT2D eigenvalue weighted by Gasteiger charge is -1.74. The van der Waals surface area contributed by atoms with E-state index in [4.69, 9.17) is 4.42 Å². The summed E-state index contributed by atoms with van der Waals surface area (Å²) in [5.41, 5.74) is 10.9. The molecule has 0 aromatic carbocycles. The first-order chi connectivity index (χ1) is 41.1. The van der Waals surface area contributed by atoms with Gasteiger partial charge in [0, 0.05) is 98.3 Å². The van der Waals surface area contributed by atoms with E-state index in [0.717, 1.165) is 68.8 Å². The molecule has 0 radical (unpaired) electrons. The van der Waals surface area contributed by atoms with Gasteiger partial charge in [0.2, 0.25) is 0 Å². The zero-order valence-electron chi connectivity index (χ0n) is 57.5. The van der Waals surface area contributed by atoms with Crippen LogP contribution >= 0.6 is 57.1 Å². The maximum atomic E-state index is 4.72. The lowest BCUT2D eigenvalue weighted by atomic mass is 10.4. The SMILES string of the molecule is CC.CC.CC.CC.CC.CC.CC.CC.CC1=CCC=N1.Cc1cnc[nH]1.Cc1cncs1.Cc1cocn1.Cc1cscn1.Cc1ncc[nH]1.Cc1ncco1.Cc1nccs1.Cc1nnoc1C.Cc1nnsc1C.Cc1nnsc1C. The molecule has 1 aliphatic rings. The van der Waals surface area contributed by atoms with Crippen LogP contribution in [0.3, 0.4) is 0 Å². The number of thiazole rings is 3. The second kappa shape index (κ2) is 77.4. The van der Waals surface area contributed by atoms with Gasteiger partial charge >= 0.3 is 0 Å². The van der Waals surface area contributed by atoms with Crippen molar-refractivity contribution in [1.82, 2.24) is 74.4 Å². The summed E-state index contributed by atoms with van der Waals surface area (Å²) in [6, 6.07) is 0. The monoisotopic (exact) mass is 1270 g/mol. The van der Waals surface area contributed by atoms with Gasteiger partial charge in [0.05, 0.1) is 45.6 Å². The Morgan fingerprint density at radius 1 is 0.541 bits per heavy atom. The highest BCUT2D eigenvalue weighted by atomic mass is 32.1. The minimum Gasteiger partial charge on any atom is -0.452 e. The smallest absolute Gasteiger partial charge is 0.190 e. The summed E-state index contributed by atoms with van der Waals surface area (Å²) in [5.74, 6) is 2.48. The number of nitrogens with zero attached hydrogens (tertiary/aromatic N) is 14. The Labute approximate surface area is 534 Å². The number of rotatable bonds is 0. The third kappa shape index (κ3) is 69.8. The van der Waals surface area contributed by atoms with Gasteiger partial charge in [-0.05, 0) is 113 Å². The zero-order chi connectivity index (χ0) is 67.1. The van der Waals surface area contributed by atoms with Crippen LogP contribution in [0.5, 0.6) is 0 Å². The Kier molecular flexibility index (Phi) is 86.3. The van der Waals surface area contributed by atoms with Crippen LogP contribution < -0.4 is 0 Å². The number of nitrogens with one attached hydrogen (secondary N) is 2. The van der Waals surface area contributed by atoms with Crippen molar-refractivity contribution in [3.05, 3.63) is 167 Å². The molecule has 0 atom stereocenters. The van der Waals surface area contributed by atoms with Crippen LogP contribution in [0.15, 0.2) is 114 Å². The van der Waals surface area contributed by atoms with Gasteiger partial charge in [0.1, 0.15) is 24.0 Å². The summed E-state index contributed by atoms with van der Waals surface area (Å²) < 4.78 is 21.4. The van der Waals surface area contributed by atoms with E-state index in [9.17, 15) is 0 Å². The van der Waals surface area contributed by atoms with Gasteiger partial charge in [-0.1, -0.05) is 126 Å². The average Bonchev–Trinajstić information content (AvgIpc) is 4.35. The van der Waals surface area contributed by atoms with Crippen molar-refractivity contribution in [2.45, 2.75) is 214 Å². The van der Waals surface area contributed by atoms with E-state index in [-0.39, 0.29) is 0 Å². The lowest BCUT2D eigenvalue weighted by molar-refractivity contribution is 0.373. The summed E-state index contributed by atoms with van der Waals surface area (Å²) in [7, 11) is 0. The minimum absolute atomic E-state index is 0.718. The molecule has 11 rings (SSSR count). The first kappa shape index (κ1) is 94.8. The molecule has 0 unspecified atom stereocenters. The number of hydrogen-bond acceptors (Lipinski definition) is 22. The van der Waals surface area contributed by atoms with Crippen LogP contribution in [0.25, 0.3) is 0 Å². The molecular formula is C61H110N16O3S5.